The molecule has 0 bridgehead atoms. The molecule has 1 aromatic carbocycles. The molecule has 1 aromatic rings. The summed E-state index contributed by atoms with van der Waals surface area (Å²) in [7, 11) is 2.31. The lowest BCUT2D eigenvalue weighted by Crippen LogP contribution is -2.45. The van der Waals surface area contributed by atoms with Crippen LogP contribution < -0.4 is 4.48 Å². The van der Waals surface area contributed by atoms with Gasteiger partial charge in [-0.25, -0.2) is 0 Å². The molecule has 2 rings (SSSR count). The molecule has 16 heavy (non-hydrogen) atoms. The van der Waals surface area contributed by atoms with Crippen LogP contribution in [-0.2, 0) is 0 Å². The minimum Gasteiger partial charge on any atom is -0.294 e. The van der Waals surface area contributed by atoms with Crippen LogP contribution in [0.1, 0.15) is 31.2 Å². The van der Waals surface area contributed by atoms with Crippen molar-refractivity contribution in [2.75, 3.05) is 20.1 Å². The van der Waals surface area contributed by atoms with Crippen molar-refractivity contribution in [3.8, 4) is 6.07 Å². The molecule has 1 fully saturated rings. The molecule has 0 unspecified atom stereocenters. The molecule has 2 nitrogen and oxygen atoms in total. The minimum atomic E-state index is 0.755. The Morgan fingerprint density at radius 2 is 1.56 bits per heavy atom. The van der Waals surface area contributed by atoms with Gasteiger partial charge in [-0.15, -0.1) is 0 Å². The van der Waals surface area contributed by atoms with Gasteiger partial charge in [0.05, 0.1) is 31.8 Å². The largest absolute Gasteiger partial charge is 0.294 e. The van der Waals surface area contributed by atoms with E-state index in [0.717, 1.165) is 10.0 Å². The molecule has 1 saturated heterocycles. The zero-order valence-corrected chi connectivity index (χ0v) is 9.95. The first kappa shape index (κ1) is 11.2. The van der Waals surface area contributed by atoms with Crippen LogP contribution in [0, 0.1) is 11.3 Å². The van der Waals surface area contributed by atoms with E-state index < -0.39 is 0 Å². The van der Waals surface area contributed by atoms with Crippen LogP contribution in [-0.4, -0.2) is 20.1 Å². The maximum Gasteiger partial charge on any atom is 0.132 e. The fourth-order valence-corrected chi connectivity index (χ4v) is 2.54. The Kier molecular flexibility index (Phi) is 3.26. The average Bonchev–Trinajstić information content (AvgIpc) is 2.55. The molecule has 1 aliphatic heterocycles. The summed E-state index contributed by atoms with van der Waals surface area (Å²) in [6.45, 7) is 2.46. The Hall–Kier alpha value is -1.33. The summed E-state index contributed by atoms with van der Waals surface area (Å²) in [6, 6.07) is 10.3. The van der Waals surface area contributed by atoms with Gasteiger partial charge in [-0.1, -0.05) is 0 Å². The van der Waals surface area contributed by atoms with Crippen molar-refractivity contribution in [2.24, 2.45) is 0 Å². The topological polar surface area (TPSA) is 23.8 Å². The van der Waals surface area contributed by atoms with E-state index in [4.69, 9.17) is 5.26 Å². The molecule has 0 atom stereocenters. The normalized spacial score (nSPS) is 19.8. The third kappa shape index (κ3) is 2.25. The minimum absolute atomic E-state index is 0.755. The lowest BCUT2D eigenvalue weighted by molar-refractivity contribution is 0.342. The van der Waals surface area contributed by atoms with Crippen molar-refractivity contribution in [2.45, 2.75) is 25.7 Å². The number of hydrogen-bond acceptors (Lipinski definition) is 1. The highest BCUT2D eigenvalue weighted by atomic mass is 15.3. The lowest BCUT2D eigenvalue weighted by Gasteiger charge is -2.32. The van der Waals surface area contributed by atoms with Crippen molar-refractivity contribution in [3.05, 3.63) is 29.8 Å². The maximum absolute atomic E-state index is 8.79. The van der Waals surface area contributed by atoms with E-state index in [1.807, 2.05) is 12.1 Å². The molecule has 0 radical (unpaired) electrons. The van der Waals surface area contributed by atoms with Gasteiger partial charge in [0.2, 0.25) is 0 Å². The highest BCUT2D eigenvalue weighted by molar-refractivity contribution is 5.46. The number of nitriles is 1. The van der Waals surface area contributed by atoms with Crippen LogP contribution in [0.4, 0.5) is 5.69 Å². The highest BCUT2D eigenvalue weighted by Gasteiger charge is 2.25. The van der Waals surface area contributed by atoms with Crippen LogP contribution in [0.2, 0.25) is 0 Å². The van der Waals surface area contributed by atoms with Gasteiger partial charge in [-0.05, 0) is 37.8 Å². The smallest absolute Gasteiger partial charge is 0.132 e. The molecule has 0 spiro atoms. The van der Waals surface area contributed by atoms with E-state index >= 15 is 0 Å². The standard InChI is InChI=1S/C14H19N2/c1-16(10-4-2-3-5-11-16)14-8-6-13(12-15)7-9-14/h6-9H,2-5,10-11H2,1H3/q+1. The zero-order valence-electron chi connectivity index (χ0n) is 9.95. The summed E-state index contributed by atoms with van der Waals surface area (Å²) in [5.41, 5.74) is 2.10. The molecule has 84 valence electrons. The van der Waals surface area contributed by atoms with E-state index in [1.165, 1.54) is 44.5 Å². The van der Waals surface area contributed by atoms with Gasteiger partial charge >= 0.3 is 0 Å². The summed E-state index contributed by atoms with van der Waals surface area (Å²) >= 11 is 0. The van der Waals surface area contributed by atoms with Crippen LogP contribution in [0.5, 0.6) is 0 Å². The van der Waals surface area contributed by atoms with Crippen molar-refractivity contribution < 1.29 is 0 Å². The van der Waals surface area contributed by atoms with Gasteiger partial charge in [0, 0.05) is 12.1 Å². The Bertz CT molecular complexity index is 378. The molecular formula is C14H19N2+. The van der Waals surface area contributed by atoms with E-state index in [2.05, 4.69) is 25.2 Å². The molecule has 0 N–H and O–H groups in total. The molecule has 0 aliphatic carbocycles. The summed E-state index contributed by atoms with van der Waals surface area (Å²) in [4.78, 5) is 0. The van der Waals surface area contributed by atoms with Crippen LogP contribution in [0.15, 0.2) is 24.3 Å². The van der Waals surface area contributed by atoms with Gasteiger partial charge in [-0.3, -0.25) is 4.48 Å². The maximum atomic E-state index is 8.79. The first-order valence-corrected chi connectivity index (χ1v) is 6.10. The molecule has 1 aliphatic rings. The van der Waals surface area contributed by atoms with Gasteiger partial charge in [-0.2, -0.15) is 5.26 Å². The number of rotatable bonds is 1. The first-order chi connectivity index (χ1) is 7.74. The quantitative estimate of drug-likeness (QED) is 0.660. The van der Waals surface area contributed by atoms with Gasteiger partial charge in [0.15, 0.2) is 0 Å². The number of quaternary nitrogens is 1. The second-order valence-electron chi connectivity index (χ2n) is 4.92. The predicted octanol–water partition coefficient (Wildman–Crippen LogP) is 3.07. The summed E-state index contributed by atoms with van der Waals surface area (Å²) in [5.74, 6) is 0. The van der Waals surface area contributed by atoms with Crippen LogP contribution in [0.25, 0.3) is 0 Å². The fraction of sp³-hybridized carbons (Fsp3) is 0.500. The third-order valence-electron chi connectivity index (χ3n) is 3.67. The monoisotopic (exact) mass is 215 g/mol. The number of nitrogens with zero attached hydrogens (tertiary/aromatic N) is 2. The fourth-order valence-electron chi connectivity index (χ4n) is 2.54. The van der Waals surface area contributed by atoms with Crippen LogP contribution >= 0.6 is 0 Å². The van der Waals surface area contributed by atoms with Crippen molar-refractivity contribution >= 4 is 5.69 Å². The molecule has 1 heterocycles. The Balaban J connectivity index is 2.23. The van der Waals surface area contributed by atoms with Gasteiger partial charge < -0.3 is 0 Å². The zero-order chi connectivity index (χ0) is 11.4. The summed E-state index contributed by atoms with van der Waals surface area (Å²) < 4.78 is 1.03. The second-order valence-corrected chi connectivity index (χ2v) is 4.92. The highest BCUT2D eigenvalue weighted by Crippen LogP contribution is 2.25. The van der Waals surface area contributed by atoms with Crippen molar-refractivity contribution in [1.82, 2.24) is 4.48 Å². The Labute approximate surface area is 97.7 Å². The molecule has 0 saturated carbocycles. The van der Waals surface area contributed by atoms with Gasteiger partial charge in [0.1, 0.15) is 5.69 Å². The summed E-state index contributed by atoms with van der Waals surface area (Å²) in [6.07, 6.45) is 5.36. The van der Waals surface area contributed by atoms with E-state index in [0.29, 0.717) is 0 Å². The predicted molar refractivity (Wildman–Crippen MR) is 67.1 cm³/mol. The van der Waals surface area contributed by atoms with Crippen LogP contribution in [0.3, 0.4) is 0 Å². The Morgan fingerprint density at radius 1 is 1.00 bits per heavy atom. The van der Waals surface area contributed by atoms with Gasteiger partial charge in [0.25, 0.3) is 0 Å². The average molecular weight is 215 g/mol. The van der Waals surface area contributed by atoms with Crippen molar-refractivity contribution in [3.63, 3.8) is 0 Å². The van der Waals surface area contributed by atoms with Crippen molar-refractivity contribution in [1.29, 1.82) is 5.26 Å². The molecule has 2 heteroatoms. The number of hydrogen-bond donors (Lipinski definition) is 0. The Morgan fingerprint density at radius 3 is 2.06 bits per heavy atom. The molecule has 0 aromatic heterocycles. The lowest BCUT2D eigenvalue weighted by atomic mass is 10.2. The van der Waals surface area contributed by atoms with E-state index in [-0.39, 0.29) is 0 Å². The van der Waals surface area contributed by atoms with E-state index in [1.54, 1.807) is 0 Å². The second kappa shape index (κ2) is 4.67. The van der Waals surface area contributed by atoms with E-state index in [9.17, 15) is 0 Å². The third-order valence-corrected chi connectivity index (χ3v) is 3.67. The molecular weight excluding hydrogens is 196 g/mol. The SMILES string of the molecule is C[N+]1(c2ccc(C#N)cc2)CCCCCC1. The number of likely N-dealkylation sites (tertiary alicyclic amines) is 1. The first-order valence-electron chi connectivity index (χ1n) is 6.10. The summed E-state index contributed by atoms with van der Waals surface area (Å²) in [5, 5.41) is 8.79. The molecule has 0 amide bonds. The number of benzene rings is 1.